The minimum atomic E-state index is -0.387. The molecule has 1 amide bonds. The second-order valence-electron chi connectivity index (χ2n) is 4.87. The number of amides is 1. The summed E-state index contributed by atoms with van der Waals surface area (Å²) in [7, 11) is 0. The Hall–Kier alpha value is -2.14. The maximum absolute atomic E-state index is 11.1. The third kappa shape index (κ3) is 3.93. The van der Waals surface area contributed by atoms with Crippen LogP contribution < -0.4 is 11.1 Å². The highest BCUT2D eigenvalue weighted by Gasteiger charge is 2.02. The van der Waals surface area contributed by atoms with Crippen LogP contribution in [0.25, 0.3) is 0 Å². The smallest absolute Gasteiger partial charge is 0.248 e. The SMILES string of the molecule is Cc1[nH]ncc1CCCNCc1cccc(C(N)=O)c1. The van der Waals surface area contributed by atoms with E-state index < -0.39 is 0 Å². The van der Waals surface area contributed by atoms with Gasteiger partial charge in [-0.25, -0.2) is 0 Å². The van der Waals surface area contributed by atoms with Crippen molar-refractivity contribution in [3.63, 3.8) is 0 Å². The van der Waals surface area contributed by atoms with Crippen molar-refractivity contribution in [3.05, 3.63) is 52.8 Å². The molecule has 5 heteroatoms. The fourth-order valence-electron chi connectivity index (χ4n) is 2.10. The summed E-state index contributed by atoms with van der Waals surface area (Å²) >= 11 is 0. The van der Waals surface area contributed by atoms with Gasteiger partial charge in [-0.1, -0.05) is 12.1 Å². The molecule has 4 N–H and O–H groups in total. The summed E-state index contributed by atoms with van der Waals surface area (Å²) < 4.78 is 0. The fourth-order valence-corrected chi connectivity index (χ4v) is 2.10. The Bertz CT molecular complexity index is 577. The van der Waals surface area contributed by atoms with Gasteiger partial charge in [0.2, 0.25) is 5.91 Å². The van der Waals surface area contributed by atoms with Crippen molar-refractivity contribution in [1.29, 1.82) is 0 Å². The monoisotopic (exact) mass is 272 g/mol. The van der Waals surface area contributed by atoms with Gasteiger partial charge in [0.1, 0.15) is 0 Å². The molecule has 0 bridgehead atoms. The second kappa shape index (κ2) is 6.86. The van der Waals surface area contributed by atoms with Gasteiger partial charge >= 0.3 is 0 Å². The molecule has 0 fully saturated rings. The molecule has 106 valence electrons. The molecule has 0 saturated heterocycles. The number of nitrogens with one attached hydrogen (secondary N) is 2. The Morgan fingerprint density at radius 2 is 2.30 bits per heavy atom. The van der Waals surface area contributed by atoms with Crippen molar-refractivity contribution in [2.24, 2.45) is 5.73 Å². The van der Waals surface area contributed by atoms with Gasteiger partial charge in [0.25, 0.3) is 0 Å². The minimum absolute atomic E-state index is 0.387. The molecule has 1 aromatic heterocycles. The van der Waals surface area contributed by atoms with E-state index in [0.717, 1.165) is 37.2 Å². The summed E-state index contributed by atoms with van der Waals surface area (Å²) in [6.07, 6.45) is 3.94. The first-order valence-electron chi connectivity index (χ1n) is 6.75. The Morgan fingerprint density at radius 3 is 3.00 bits per heavy atom. The van der Waals surface area contributed by atoms with Gasteiger partial charge in [-0.2, -0.15) is 5.10 Å². The Morgan fingerprint density at radius 1 is 1.45 bits per heavy atom. The van der Waals surface area contributed by atoms with E-state index in [0.29, 0.717) is 5.56 Å². The van der Waals surface area contributed by atoms with Gasteiger partial charge in [0.05, 0.1) is 6.20 Å². The minimum Gasteiger partial charge on any atom is -0.366 e. The second-order valence-corrected chi connectivity index (χ2v) is 4.87. The molecular weight excluding hydrogens is 252 g/mol. The van der Waals surface area contributed by atoms with Crippen LogP contribution in [0.4, 0.5) is 0 Å². The fraction of sp³-hybridized carbons (Fsp3) is 0.333. The molecule has 0 saturated carbocycles. The summed E-state index contributed by atoms with van der Waals surface area (Å²) in [5.41, 5.74) is 9.29. The summed E-state index contributed by atoms with van der Waals surface area (Å²) in [4.78, 5) is 11.1. The average Bonchev–Trinajstić information content (AvgIpc) is 2.84. The molecule has 2 aromatic rings. The number of carbonyl (C=O) groups is 1. The van der Waals surface area contributed by atoms with E-state index in [2.05, 4.69) is 15.5 Å². The summed E-state index contributed by atoms with van der Waals surface area (Å²) in [5, 5.41) is 10.3. The molecule has 0 spiro atoms. The molecule has 20 heavy (non-hydrogen) atoms. The van der Waals surface area contributed by atoms with Crippen LogP contribution in [0.2, 0.25) is 0 Å². The number of benzene rings is 1. The van der Waals surface area contributed by atoms with E-state index in [1.165, 1.54) is 5.56 Å². The maximum Gasteiger partial charge on any atom is 0.248 e. The molecule has 0 unspecified atom stereocenters. The van der Waals surface area contributed by atoms with Crippen molar-refractivity contribution in [3.8, 4) is 0 Å². The van der Waals surface area contributed by atoms with Crippen LogP contribution in [-0.4, -0.2) is 22.6 Å². The summed E-state index contributed by atoms with van der Waals surface area (Å²) in [6.45, 7) is 3.70. The molecule has 2 rings (SSSR count). The van der Waals surface area contributed by atoms with E-state index in [9.17, 15) is 4.79 Å². The first-order chi connectivity index (χ1) is 9.66. The van der Waals surface area contributed by atoms with Gasteiger partial charge in [-0.05, 0) is 49.6 Å². The number of primary amides is 1. The van der Waals surface area contributed by atoms with Crippen molar-refractivity contribution >= 4 is 5.91 Å². The third-order valence-corrected chi connectivity index (χ3v) is 3.27. The molecule has 0 radical (unpaired) electrons. The predicted molar refractivity (Wildman–Crippen MR) is 78.3 cm³/mol. The van der Waals surface area contributed by atoms with Crippen molar-refractivity contribution in [2.75, 3.05) is 6.54 Å². The lowest BCUT2D eigenvalue weighted by molar-refractivity contribution is 0.1000. The molecule has 1 aromatic carbocycles. The molecule has 0 aliphatic rings. The van der Waals surface area contributed by atoms with Crippen molar-refractivity contribution in [2.45, 2.75) is 26.3 Å². The van der Waals surface area contributed by atoms with Gasteiger partial charge in [0, 0.05) is 17.8 Å². The zero-order valence-electron chi connectivity index (χ0n) is 11.6. The number of nitrogens with zero attached hydrogens (tertiary/aromatic N) is 1. The lowest BCUT2D eigenvalue weighted by Gasteiger charge is -2.06. The van der Waals surface area contributed by atoms with E-state index >= 15 is 0 Å². The van der Waals surface area contributed by atoms with Gasteiger partial charge in [-0.3, -0.25) is 9.89 Å². The van der Waals surface area contributed by atoms with Crippen LogP contribution in [0.3, 0.4) is 0 Å². The summed E-state index contributed by atoms with van der Waals surface area (Å²) in [5.74, 6) is -0.387. The number of nitrogens with two attached hydrogens (primary N) is 1. The normalized spacial score (nSPS) is 10.7. The van der Waals surface area contributed by atoms with Crippen molar-refractivity contribution in [1.82, 2.24) is 15.5 Å². The first kappa shape index (κ1) is 14.3. The number of carbonyl (C=O) groups excluding carboxylic acids is 1. The zero-order valence-corrected chi connectivity index (χ0v) is 11.6. The zero-order chi connectivity index (χ0) is 14.4. The Labute approximate surface area is 118 Å². The molecular formula is C15H20N4O. The van der Waals surface area contributed by atoms with Crippen LogP contribution in [-0.2, 0) is 13.0 Å². The highest BCUT2D eigenvalue weighted by molar-refractivity contribution is 5.92. The van der Waals surface area contributed by atoms with Crippen LogP contribution in [0.15, 0.2) is 30.5 Å². The molecule has 1 heterocycles. The number of aromatic amines is 1. The van der Waals surface area contributed by atoms with Gasteiger partial charge in [0.15, 0.2) is 0 Å². The number of hydrogen-bond donors (Lipinski definition) is 3. The third-order valence-electron chi connectivity index (χ3n) is 3.27. The topological polar surface area (TPSA) is 83.8 Å². The van der Waals surface area contributed by atoms with Crippen LogP contribution >= 0.6 is 0 Å². The van der Waals surface area contributed by atoms with E-state index in [1.807, 2.05) is 31.3 Å². The number of rotatable bonds is 7. The largest absolute Gasteiger partial charge is 0.366 e. The van der Waals surface area contributed by atoms with E-state index in [1.54, 1.807) is 6.07 Å². The lowest BCUT2D eigenvalue weighted by Crippen LogP contribution is -2.16. The van der Waals surface area contributed by atoms with E-state index in [-0.39, 0.29) is 5.91 Å². The molecule has 0 aliphatic heterocycles. The standard InChI is InChI=1S/C15H20N4O/c1-11-14(10-18-19-11)6-3-7-17-9-12-4-2-5-13(8-12)15(16)20/h2,4-5,8,10,17H,3,6-7,9H2,1H3,(H2,16,20)(H,18,19). The highest BCUT2D eigenvalue weighted by atomic mass is 16.1. The highest BCUT2D eigenvalue weighted by Crippen LogP contribution is 2.06. The Kier molecular flexibility index (Phi) is 4.90. The molecule has 0 aliphatic carbocycles. The molecule has 0 atom stereocenters. The predicted octanol–water partition coefficient (Wildman–Crippen LogP) is 1.54. The van der Waals surface area contributed by atoms with Crippen LogP contribution in [0.5, 0.6) is 0 Å². The van der Waals surface area contributed by atoms with Crippen molar-refractivity contribution < 1.29 is 4.79 Å². The van der Waals surface area contributed by atoms with E-state index in [4.69, 9.17) is 5.73 Å². The number of aryl methyl sites for hydroxylation is 2. The van der Waals surface area contributed by atoms with Gasteiger partial charge in [-0.15, -0.1) is 0 Å². The lowest BCUT2D eigenvalue weighted by atomic mass is 10.1. The summed E-state index contributed by atoms with van der Waals surface area (Å²) in [6, 6.07) is 7.40. The number of aromatic nitrogens is 2. The van der Waals surface area contributed by atoms with Crippen LogP contribution in [0, 0.1) is 6.92 Å². The Balaban J connectivity index is 1.72. The maximum atomic E-state index is 11.1. The number of H-pyrrole nitrogens is 1. The van der Waals surface area contributed by atoms with Crippen LogP contribution in [0.1, 0.15) is 33.6 Å². The molecule has 5 nitrogen and oxygen atoms in total. The first-order valence-corrected chi connectivity index (χ1v) is 6.75. The quantitative estimate of drug-likeness (QED) is 0.668. The average molecular weight is 272 g/mol. The number of hydrogen-bond acceptors (Lipinski definition) is 3. The van der Waals surface area contributed by atoms with Gasteiger partial charge < -0.3 is 11.1 Å².